The summed E-state index contributed by atoms with van der Waals surface area (Å²) in [7, 11) is 0. The summed E-state index contributed by atoms with van der Waals surface area (Å²) in [5.41, 5.74) is 2.03. The van der Waals surface area contributed by atoms with Crippen molar-refractivity contribution in [3.63, 3.8) is 0 Å². The van der Waals surface area contributed by atoms with Crippen LogP contribution in [0.3, 0.4) is 0 Å². The van der Waals surface area contributed by atoms with Crippen LogP contribution in [0.15, 0.2) is 36.5 Å². The number of hydrogen-bond donors (Lipinski definition) is 1. The van der Waals surface area contributed by atoms with Gasteiger partial charge in [0, 0.05) is 6.20 Å². The SMILES string of the molecule is Cc1cccc(-n2ccc(C(=O)O)n2)c1. The molecule has 1 aromatic carbocycles. The van der Waals surface area contributed by atoms with Gasteiger partial charge in [-0.1, -0.05) is 12.1 Å². The molecule has 0 aliphatic heterocycles. The van der Waals surface area contributed by atoms with E-state index in [0.717, 1.165) is 11.3 Å². The normalized spacial score (nSPS) is 10.2. The first-order valence-electron chi connectivity index (χ1n) is 4.53. The van der Waals surface area contributed by atoms with Gasteiger partial charge in [0.1, 0.15) is 0 Å². The first-order valence-corrected chi connectivity index (χ1v) is 4.53. The smallest absolute Gasteiger partial charge is 0.356 e. The maximum Gasteiger partial charge on any atom is 0.356 e. The average Bonchev–Trinajstić information content (AvgIpc) is 2.66. The van der Waals surface area contributed by atoms with Crippen molar-refractivity contribution in [2.45, 2.75) is 6.92 Å². The Labute approximate surface area is 86.8 Å². The molecule has 76 valence electrons. The van der Waals surface area contributed by atoms with E-state index in [9.17, 15) is 4.79 Å². The maximum atomic E-state index is 10.6. The van der Waals surface area contributed by atoms with Crippen molar-refractivity contribution in [1.29, 1.82) is 0 Å². The van der Waals surface area contributed by atoms with Crippen molar-refractivity contribution in [2.75, 3.05) is 0 Å². The number of aryl methyl sites for hydroxylation is 1. The lowest BCUT2D eigenvalue weighted by molar-refractivity contribution is 0.0690. The molecule has 15 heavy (non-hydrogen) atoms. The zero-order valence-electron chi connectivity index (χ0n) is 8.21. The Morgan fingerprint density at radius 1 is 1.40 bits per heavy atom. The van der Waals surface area contributed by atoms with E-state index in [1.165, 1.54) is 6.07 Å². The van der Waals surface area contributed by atoms with Gasteiger partial charge in [0.2, 0.25) is 0 Å². The van der Waals surface area contributed by atoms with Crippen molar-refractivity contribution in [3.8, 4) is 5.69 Å². The van der Waals surface area contributed by atoms with Crippen LogP contribution in [-0.2, 0) is 0 Å². The number of hydrogen-bond acceptors (Lipinski definition) is 2. The van der Waals surface area contributed by atoms with E-state index in [1.807, 2.05) is 31.2 Å². The second kappa shape index (κ2) is 3.57. The number of carboxylic acids is 1. The largest absolute Gasteiger partial charge is 0.476 e. The van der Waals surface area contributed by atoms with Crippen LogP contribution in [0.5, 0.6) is 0 Å². The number of aromatic nitrogens is 2. The van der Waals surface area contributed by atoms with Gasteiger partial charge in [0.25, 0.3) is 0 Å². The van der Waals surface area contributed by atoms with Crippen LogP contribution in [0.2, 0.25) is 0 Å². The third-order valence-electron chi connectivity index (χ3n) is 2.07. The summed E-state index contributed by atoms with van der Waals surface area (Å²) in [6, 6.07) is 9.19. The second-order valence-corrected chi connectivity index (χ2v) is 3.29. The zero-order valence-corrected chi connectivity index (χ0v) is 8.21. The molecule has 0 saturated heterocycles. The molecule has 1 aromatic heterocycles. The number of carboxylic acid groups (broad SMARTS) is 1. The third-order valence-corrected chi connectivity index (χ3v) is 2.07. The van der Waals surface area contributed by atoms with Gasteiger partial charge in [-0.15, -0.1) is 0 Å². The predicted molar refractivity (Wildman–Crippen MR) is 55.3 cm³/mol. The summed E-state index contributed by atoms with van der Waals surface area (Å²) < 4.78 is 1.55. The van der Waals surface area contributed by atoms with Crippen LogP contribution in [0.4, 0.5) is 0 Å². The van der Waals surface area contributed by atoms with Crippen LogP contribution >= 0.6 is 0 Å². The highest BCUT2D eigenvalue weighted by molar-refractivity contribution is 5.85. The highest BCUT2D eigenvalue weighted by Gasteiger charge is 2.07. The molecule has 0 unspecified atom stereocenters. The molecule has 0 saturated carbocycles. The molecule has 0 fully saturated rings. The lowest BCUT2D eigenvalue weighted by atomic mass is 10.2. The number of aromatic carboxylic acids is 1. The van der Waals surface area contributed by atoms with Gasteiger partial charge in [0.05, 0.1) is 5.69 Å². The molecular formula is C11H10N2O2. The molecule has 0 bridgehead atoms. The van der Waals surface area contributed by atoms with E-state index in [2.05, 4.69) is 5.10 Å². The van der Waals surface area contributed by atoms with E-state index in [4.69, 9.17) is 5.11 Å². The Bertz CT molecular complexity index is 503. The van der Waals surface area contributed by atoms with Crippen molar-refractivity contribution in [2.24, 2.45) is 0 Å². The number of carbonyl (C=O) groups is 1. The fraction of sp³-hybridized carbons (Fsp3) is 0.0909. The Kier molecular flexibility index (Phi) is 2.25. The Morgan fingerprint density at radius 2 is 2.20 bits per heavy atom. The first-order chi connectivity index (χ1) is 7.16. The molecule has 4 nitrogen and oxygen atoms in total. The lowest BCUT2D eigenvalue weighted by Crippen LogP contribution is -2.00. The predicted octanol–water partition coefficient (Wildman–Crippen LogP) is 1.88. The molecule has 0 atom stereocenters. The summed E-state index contributed by atoms with van der Waals surface area (Å²) in [6.45, 7) is 1.98. The summed E-state index contributed by atoms with van der Waals surface area (Å²) >= 11 is 0. The quantitative estimate of drug-likeness (QED) is 0.808. The van der Waals surface area contributed by atoms with E-state index in [1.54, 1.807) is 10.9 Å². The number of benzene rings is 1. The molecule has 0 spiro atoms. The standard InChI is InChI=1S/C11H10N2O2/c1-8-3-2-4-9(7-8)13-6-5-10(12-13)11(14)15/h2-7H,1H3,(H,14,15). The van der Waals surface area contributed by atoms with Gasteiger partial charge >= 0.3 is 5.97 Å². The van der Waals surface area contributed by atoms with E-state index >= 15 is 0 Å². The summed E-state index contributed by atoms with van der Waals surface area (Å²) in [4.78, 5) is 10.6. The average molecular weight is 202 g/mol. The molecule has 1 heterocycles. The minimum Gasteiger partial charge on any atom is -0.476 e. The molecular weight excluding hydrogens is 192 g/mol. The minimum absolute atomic E-state index is 0.0523. The Morgan fingerprint density at radius 3 is 2.80 bits per heavy atom. The van der Waals surface area contributed by atoms with E-state index < -0.39 is 5.97 Å². The number of nitrogens with zero attached hydrogens (tertiary/aromatic N) is 2. The molecule has 2 aromatic rings. The van der Waals surface area contributed by atoms with Crippen LogP contribution in [-0.4, -0.2) is 20.9 Å². The molecule has 0 aliphatic rings. The topological polar surface area (TPSA) is 55.1 Å². The van der Waals surface area contributed by atoms with Crippen LogP contribution in [0, 0.1) is 6.92 Å². The fourth-order valence-corrected chi connectivity index (χ4v) is 1.35. The highest BCUT2D eigenvalue weighted by atomic mass is 16.4. The van der Waals surface area contributed by atoms with E-state index in [-0.39, 0.29) is 5.69 Å². The fourth-order valence-electron chi connectivity index (χ4n) is 1.35. The molecule has 0 aliphatic carbocycles. The van der Waals surface area contributed by atoms with Crippen molar-refractivity contribution >= 4 is 5.97 Å². The molecule has 2 rings (SSSR count). The lowest BCUT2D eigenvalue weighted by Gasteiger charge is -2.01. The minimum atomic E-state index is -1.01. The van der Waals surface area contributed by atoms with Gasteiger partial charge < -0.3 is 5.11 Å². The summed E-state index contributed by atoms with van der Waals surface area (Å²) in [5, 5.41) is 12.7. The van der Waals surface area contributed by atoms with Crippen LogP contribution in [0.1, 0.15) is 16.1 Å². The second-order valence-electron chi connectivity index (χ2n) is 3.29. The third kappa shape index (κ3) is 1.88. The summed E-state index contributed by atoms with van der Waals surface area (Å²) in [6.07, 6.45) is 1.64. The van der Waals surface area contributed by atoms with Crippen molar-refractivity contribution < 1.29 is 9.90 Å². The van der Waals surface area contributed by atoms with Crippen molar-refractivity contribution in [3.05, 3.63) is 47.8 Å². The summed E-state index contributed by atoms with van der Waals surface area (Å²) in [5.74, 6) is -1.01. The van der Waals surface area contributed by atoms with Gasteiger partial charge in [-0.05, 0) is 30.7 Å². The highest BCUT2D eigenvalue weighted by Crippen LogP contribution is 2.09. The first kappa shape index (κ1) is 9.45. The van der Waals surface area contributed by atoms with E-state index in [0.29, 0.717) is 0 Å². The molecule has 0 radical (unpaired) electrons. The van der Waals surface area contributed by atoms with Gasteiger partial charge in [0.15, 0.2) is 5.69 Å². The van der Waals surface area contributed by atoms with Gasteiger partial charge in [-0.25, -0.2) is 9.48 Å². The Balaban J connectivity index is 2.41. The molecule has 1 N–H and O–H groups in total. The van der Waals surface area contributed by atoms with Crippen molar-refractivity contribution in [1.82, 2.24) is 9.78 Å². The zero-order chi connectivity index (χ0) is 10.8. The van der Waals surface area contributed by atoms with Gasteiger partial charge in [-0.3, -0.25) is 0 Å². The maximum absolute atomic E-state index is 10.6. The molecule has 0 amide bonds. The molecule has 4 heteroatoms. The van der Waals surface area contributed by atoms with Crippen LogP contribution < -0.4 is 0 Å². The van der Waals surface area contributed by atoms with Gasteiger partial charge in [-0.2, -0.15) is 5.10 Å². The Hall–Kier alpha value is -2.10. The number of rotatable bonds is 2. The monoisotopic (exact) mass is 202 g/mol. The van der Waals surface area contributed by atoms with Crippen LogP contribution in [0.25, 0.3) is 5.69 Å².